The number of piperidine rings is 1. The molecule has 34 heavy (non-hydrogen) atoms. The monoisotopic (exact) mass is 461 g/mol. The molecular weight excluding hydrogens is 434 g/mol. The van der Waals surface area contributed by atoms with Crippen LogP contribution in [0.25, 0.3) is 5.52 Å². The minimum absolute atomic E-state index is 0.0454. The number of carbonyl (C=O) groups is 2. The lowest BCUT2D eigenvalue weighted by atomic mass is 9.77. The van der Waals surface area contributed by atoms with E-state index in [1.807, 2.05) is 30.0 Å². The Balaban J connectivity index is 1.12. The molecule has 0 unspecified atom stereocenters. The molecule has 1 N–H and O–H groups in total. The van der Waals surface area contributed by atoms with Crippen LogP contribution in [0.3, 0.4) is 0 Å². The third kappa shape index (κ3) is 3.38. The number of benzene rings is 1. The molecular formula is C25H27N5O4. The number of amides is 1. The summed E-state index contributed by atoms with van der Waals surface area (Å²) in [5.41, 5.74) is 4.88. The fourth-order valence-corrected chi connectivity index (χ4v) is 5.76. The molecule has 1 atom stereocenters. The lowest BCUT2D eigenvalue weighted by Gasteiger charge is -2.39. The number of hydrogen-bond acceptors (Lipinski definition) is 7. The lowest BCUT2D eigenvalue weighted by molar-refractivity contribution is -0.118. The number of likely N-dealkylation sites (tertiary alicyclic amines) is 1. The van der Waals surface area contributed by atoms with E-state index in [4.69, 9.17) is 4.74 Å². The number of nitrogens with zero attached hydrogens (tertiary/aromatic N) is 5. The van der Waals surface area contributed by atoms with Gasteiger partial charge in [0.15, 0.2) is 0 Å². The van der Waals surface area contributed by atoms with Gasteiger partial charge in [-0.3, -0.25) is 4.79 Å². The first kappa shape index (κ1) is 21.2. The summed E-state index contributed by atoms with van der Waals surface area (Å²) in [6.45, 7) is 5.11. The van der Waals surface area contributed by atoms with Crippen molar-refractivity contribution >= 4 is 23.1 Å². The molecule has 3 aliphatic heterocycles. The van der Waals surface area contributed by atoms with Crippen LogP contribution in [-0.4, -0.2) is 62.9 Å². The molecule has 0 saturated carbocycles. The number of aliphatic hydroxyl groups excluding tert-OH is 1. The van der Waals surface area contributed by atoms with Gasteiger partial charge in [-0.25, -0.2) is 4.79 Å². The average molecular weight is 462 g/mol. The van der Waals surface area contributed by atoms with Crippen molar-refractivity contribution in [2.45, 2.75) is 38.9 Å². The number of hydrogen-bond donors (Lipinski definition) is 1. The first-order valence-electron chi connectivity index (χ1n) is 11.7. The second-order valence-corrected chi connectivity index (χ2v) is 9.78. The van der Waals surface area contributed by atoms with Gasteiger partial charge in [-0.1, -0.05) is 6.07 Å². The maximum atomic E-state index is 13.0. The Kier molecular flexibility index (Phi) is 4.93. The smallest absolute Gasteiger partial charge is 0.338 e. The topological polar surface area (TPSA) is 100 Å². The van der Waals surface area contributed by atoms with Crippen LogP contribution < -0.4 is 4.90 Å². The summed E-state index contributed by atoms with van der Waals surface area (Å²) in [6.07, 6.45) is 5.12. The SMILES string of the molecule is Cc1c([C@@H](O)CN2CCC3(CC2)CC(=O)N(c2cnn4ncccc24)C3)ccc2c1COC2=O. The average Bonchev–Trinajstić information content (AvgIpc) is 3.51. The number of β-amino-alcohol motifs (C(OH)–C–C–N with tert-alkyl or cyclic N) is 1. The molecule has 9 nitrogen and oxygen atoms in total. The number of carbonyl (C=O) groups excluding carboxylic acids is 2. The first-order valence-corrected chi connectivity index (χ1v) is 11.7. The van der Waals surface area contributed by atoms with Gasteiger partial charge in [0.1, 0.15) is 12.1 Å². The Morgan fingerprint density at radius 2 is 2.00 bits per heavy atom. The van der Waals surface area contributed by atoms with Crippen molar-refractivity contribution in [3.63, 3.8) is 0 Å². The number of aliphatic hydroxyl groups is 1. The summed E-state index contributed by atoms with van der Waals surface area (Å²) in [6, 6.07) is 7.39. The summed E-state index contributed by atoms with van der Waals surface area (Å²) in [5, 5.41) is 19.5. The molecule has 1 amide bonds. The normalized spacial score (nSPS) is 20.8. The number of ether oxygens (including phenoxy) is 1. The predicted octanol–water partition coefficient (Wildman–Crippen LogP) is 2.26. The van der Waals surface area contributed by atoms with Crippen molar-refractivity contribution in [3.05, 3.63) is 58.9 Å². The van der Waals surface area contributed by atoms with E-state index in [1.54, 1.807) is 23.1 Å². The summed E-state index contributed by atoms with van der Waals surface area (Å²) in [7, 11) is 0. The van der Waals surface area contributed by atoms with Crippen LogP contribution in [0.2, 0.25) is 0 Å². The molecule has 0 aliphatic carbocycles. The molecule has 3 aromatic rings. The van der Waals surface area contributed by atoms with Crippen molar-refractivity contribution in [1.82, 2.24) is 19.7 Å². The molecule has 0 radical (unpaired) electrons. The highest BCUT2D eigenvalue weighted by molar-refractivity contribution is 6.00. The lowest BCUT2D eigenvalue weighted by Crippen LogP contribution is -2.43. The Labute approximate surface area is 196 Å². The van der Waals surface area contributed by atoms with Gasteiger partial charge < -0.3 is 19.6 Å². The Hall–Kier alpha value is -3.30. The second-order valence-electron chi connectivity index (χ2n) is 9.78. The zero-order valence-corrected chi connectivity index (χ0v) is 19.1. The number of esters is 1. The van der Waals surface area contributed by atoms with E-state index in [0.29, 0.717) is 25.1 Å². The molecule has 0 bridgehead atoms. The zero-order valence-electron chi connectivity index (χ0n) is 19.1. The van der Waals surface area contributed by atoms with Crippen LogP contribution in [0.5, 0.6) is 0 Å². The molecule has 1 spiro atoms. The third-order valence-corrected chi connectivity index (χ3v) is 7.81. The van der Waals surface area contributed by atoms with Gasteiger partial charge in [-0.2, -0.15) is 10.2 Å². The fraction of sp³-hybridized carbons (Fsp3) is 0.440. The van der Waals surface area contributed by atoms with E-state index in [-0.39, 0.29) is 23.9 Å². The maximum Gasteiger partial charge on any atom is 0.338 e. The molecule has 3 aliphatic rings. The van der Waals surface area contributed by atoms with Gasteiger partial charge in [0, 0.05) is 31.3 Å². The van der Waals surface area contributed by atoms with E-state index in [9.17, 15) is 14.7 Å². The largest absolute Gasteiger partial charge is 0.457 e. The summed E-state index contributed by atoms with van der Waals surface area (Å²) in [4.78, 5) is 28.9. The zero-order chi connectivity index (χ0) is 23.4. The van der Waals surface area contributed by atoms with E-state index >= 15 is 0 Å². The van der Waals surface area contributed by atoms with Crippen LogP contribution in [-0.2, 0) is 16.1 Å². The number of cyclic esters (lactones) is 1. The molecule has 5 heterocycles. The second kappa shape index (κ2) is 7.89. The summed E-state index contributed by atoms with van der Waals surface area (Å²) in [5.74, 6) is -0.154. The van der Waals surface area contributed by atoms with Crippen molar-refractivity contribution in [3.8, 4) is 0 Å². The standard InChI is InChI=1S/C25H27N5O4/c1-16-17(4-5-18-19(16)14-34-24(18)33)22(31)13-28-9-6-25(7-10-28)11-23(32)29(15-25)21-12-27-30-20(21)3-2-8-26-30/h2-5,8,12,22,31H,6-7,9-11,13-15H2,1H3/t22-/m0/s1. The first-order chi connectivity index (χ1) is 16.4. The van der Waals surface area contributed by atoms with Gasteiger partial charge >= 0.3 is 5.97 Å². The Morgan fingerprint density at radius 1 is 1.18 bits per heavy atom. The number of rotatable bonds is 4. The van der Waals surface area contributed by atoms with Crippen molar-refractivity contribution in [1.29, 1.82) is 0 Å². The molecule has 176 valence electrons. The van der Waals surface area contributed by atoms with E-state index in [2.05, 4.69) is 15.1 Å². The Bertz CT molecular complexity index is 1290. The van der Waals surface area contributed by atoms with E-state index in [0.717, 1.165) is 53.8 Å². The predicted molar refractivity (Wildman–Crippen MR) is 123 cm³/mol. The van der Waals surface area contributed by atoms with Crippen LogP contribution in [0.15, 0.2) is 36.7 Å². The molecule has 1 aromatic carbocycles. The number of fused-ring (bicyclic) bond motifs is 2. The minimum atomic E-state index is -0.636. The molecule has 2 fully saturated rings. The number of anilines is 1. The van der Waals surface area contributed by atoms with Gasteiger partial charge in [-0.15, -0.1) is 4.63 Å². The van der Waals surface area contributed by atoms with E-state index in [1.165, 1.54) is 0 Å². The summed E-state index contributed by atoms with van der Waals surface area (Å²) >= 11 is 0. The number of aromatic nitrogens is 3. The van der Waals surface area contributed by atoms with Crippen molar-refractivity contribution in [2.75, 3.05) is 31.1 Å². The van der Waals surface area contributed by atoms with Crippen LogP contribution >= 0.6 is 0 Å². The third-order valence-electron chi connectivity index (χ3n) is 7.81. The quantitative estimate of drug-likeness (QED) is 0.595. The Morgan fingerprint density at radius 3 is 2.82 bits per heavy atom. The molecule has 2 aromatic heterocycles. The maximum absolute atomic E-state index is 13.0. The highest BCUT2D eigenvalue weighted by Crippen LogP contribution is 2.43. The molecule has 6 rings (SSSR count). The highest BCUT2D eigenvalue weighted by atomic mass is 16.5. The van der Waals surface area contributed by atoms with Crippen LogP contribution in [0, 0.1) is 12.3 Å². The molecule has 2 saturated heterocycles. The van der Waals surface area contributed by atoms with Gasteiger partial charge in [0.05, 0.1) is 23.6 Å². The van der Waals surface area contributed by atoms with Crippen LogP contribution in [0.1, 0.15) is 52.4 Å². The van der Waals surface area contributed by atoms with Gasteiger partial charge in [0.2, 0.25) is 5.91 Å². The van der Waals surface area contributed by atoms with Gasteiger partial charge in [0.25, 0.3) is 0 Å². The van der Waals surface area contributed by atoms with Crippen molar-refractivity contribution < 1.29 is 19.4 Å². The van der Waals surface area contributed by atoms with Gasteiger partial charge in [-0.05, 0) is 67.6 Å². The van der Waals surface area contributed by atoms with Crippen molar-refractivity contribution in [2.24, 2.45) is 5.41 Å². The molecule has 9 heteroatoms. The minimum Gasteiger partial charge on any atom is -0.457 e. The van der Waals surface area contributed by atoms with E-state index < -0.39 is 6.10 Å². The fourth-order valence-electron chi connectivity index (χ4n) is 5.76. The highest BCUT2D eigenvalue weighted by Gasteiger charge is 2.46. The summed E-state index contributed by atoms with van der Waals surface area (Å²) < 4.78 is 6.70. The van der Waals surface area contributed by atoms with Crippen LogP contribution in [0.4, 0.5) is 5.69 Å².